The highest BCUT2D eigenvalue weighted by molar-refractivity contribution is 6.32. The lowest BCUT2D eigenvalue weighted by atomic mass is 10.2. The summed E-state index contributed by atoms with van der Waals surface area (Å²) in [5, 5.41) is 10.8. The van der Waals surface area contributed by atoms with E-state index in [-0.39, 0.29) is 36.7 Å². The van der Waals surface area contributed by atoms with Crippen LogP contribution in [-0.4, -0.2) is 32.0 Å². The molecule has 4 rings (SSSR count). The van der Waals surface area contributed by atoms with Gasteiger partial charge < -0.3 is 10.1 Å². The van der Waals surface area contributed by atoms with Crippen molar-refractivity contribution in [3.8, 4) is 5.75 Å². The van der Waals surface area contributed by atoms with Gasteiger partial charge in [0.05, 0.1) is 10.7 Å². The van der Waals surface area contributed by atoms with Crippen molar-refractivity contribution in [3.63, 3.8) is 0 Å². The zero-order valence-electron chi connectivity index (χ0n) is 17.3. The zero-order valence-corrected chi connectivity index (χ0v) is 18.8. The average Bonchev–Trinajstić information content (AvgIpc) is 3.37. The lowest BCUT2D eigenvalue weighted by Crippen LogP contribution is -2.28. The lowest BCUT2D eigenvalue weighted by Gasteiger charge is -2.11. The summed E-state index contributed by atoms with van der Waals surface area (Å²) < 4.78 is 47.8. The third kappa shape index (κ3) is 5.62. The van der Waals surface area contributed by atoms with E-state index in [0.29, 0.717) is 28.6 Å². The van der Waals surface area contributed by atoms with Crippen molar-refractivity contribution in [2.24, 2.45) is 0 Å². The molecule has 12 heteroatoms. The molecule has 1 aliphatic carbocycles. The first-order chi connectivity index (χ1) is 15.7. The van der Waals surface area contributed by atoms with Crippen LogP contribution in [0, 0.1) is 0 Å². The molecule has 0 unspecified atom stereocenters. The number of nitrogens with zero attached hydrogens (tertiary/aromatic N) is 4. The Hall–Kier alpha value is -2.72. The highest BCUT2D eigenvalue weighted by atomic mass is 35.5. The van der Waals surface area contributed by atoms with Gasteiger partial charge >= 0.3 is 6.18 Å². The van der Waals surface area contributed by atoms with Crippen LogP contribution >= 0.6 is 23.2 Å². The monoisotopic (exact) mass is 501 g/mol. The Morgan fingerprint density at radius 3 is 2.55 bits per heavy atom. The maximum atomic E-state index is 13.2. The Morgan fingerprint density at radius 2 is 1.88 bits per heavy atom. The van der Waals surface area contributed by atoms with Gasteiger partial charge in [-0.25, -0.2) is 4.68 Å². The van der Waals surface area contributed by atoms with E-state index in [9.17, 15) is 18.0 Å². The first-order valence-electron chi connectivity index (χ1n) is 10.3. The molecule has 1 fully saturated rings. The Bertz CT molecular complexity index is 1120. The fraction of sp³-hybridized carbons (Fsp3) is 0.381. The predicted octanol–water partition coefficient (Wildman–Crippen LogP) is 5.14. The van der Waals surface area contributed by atoms with Gasteiger partial charge in [0.15, 0.2) is 12.4 Å². The molecule has 1 N–H and O–H groups in total. The fourth-order valence-electron chi connectivity index (χ4n) is 3.37. The summed E-state index contributed by atoms with van der Waals surface area (Å²) in [6, 6.07) is 8.33. The molecule has 7 nitrogen and oxygen atoms in total. The minimum Gasteiger partial charge on any atom is -0.471 e. The van der Waals surface area contributed by atoms with Crippen LogP contribution in [0.1, 0.15) is 47.1 Å². The second-order valence-corrected chi connectivity index (χ2v) is 8.41. The number of hydrogen-bond donors (Lipinski definition) is 1. The SMILES string of the molecule is O=C(NCCCn1nc(C(F)(F)F)c(Cl)c1C1CC1)c1ccnn1COc1ccc(Cl)cc1. The fourth-order valence-corrected chi connectivity index (χ4v) is 3.89. The standard InChI is InChI=1S/C21H20Cl2F3N5O2/c22-14-4-6-15(7-5-14)33-12-31-16(8-10-28-31)20(32)27-9-1-11-30-18(13-2-3-13)17(23)19(29-30)21(24,25)26/h4-8,10,13H,1-3,9,11-12H2,(H,27,32). The van der Waals surface area contributed by atoms with Crippen LogP contribution in [0.5, 0.6) is 5.75 Å². The van der Waals surface area contributed by atoms with E-state index in [1.54, 1.807) is 30.3 Å². The minimum atomic E-state index is -4.60. The second kappa shape index (κ2) is 9.64. The lowest BCUT2D eigenvalue weighted by molar-refractivity contribution is -0.141. The number of ether oxygens (including phenoxy) is 1. The van der Waals surface area contributed by atoms with Gasteiger partial charge in [-0.2, -0.15) is 23.4 Å². The molecule has 2 heterocycles. The molecular formula is C21H20Cl2F3N5O2. The molecule has 0 atom stereocenters. The first kappa shape index (κ1) is 23.4. The molecule has 1 amide bonds. The van der Waals surface area contributed by atoms with E-state index in [2.05, 4.69) is 15.5 Å². The summed E-state index contributed by atoms with van der Waals surface area (Å²) in [4.78, 5) is 12.5. The summed E-state index contributed by atoms with van der Waals surface area (Å²) in [6.07, 6.45) is -1.15. The molecule has 0 spiro atoms. The van der Waals surface area contributed by atoms with Crippen molar-refractivity contribution in [2.75, 3.05) is 6.54 Å². The third-order valence-electron chi connectivity index (χ3n) is 5.11. The normalized spacial score (nSPS) is 13.8. The molecule has 0 radical (unpaired) electrons. The Labute approximate surface area is 197 Å². The topological polar surface area (TPSA) is 74.0 Å². The number of amides is 1. The van der Waals surface area contributed by atoms with Crippen molar-refractivity contribution in [1.29, 1.82) is 0 Å². The Balaban J connectivity index is 1.31. The van der Waals surface area contributed by atoms with Gasteiger partial charge in [0, 0.05) is 30.2 Å². The number of aryl methyl sites for hydroxylation is 1. The molecular weight excluding hydrogens is 482 g/mol. The van der Waals surface area contributed by atoms with Crippen LogP contribution in [0.3, 0.4) is 0 Å². The van der Waals surface area contributed by atoms with Gasteiger partial charge in [-0.3, -0.25) is 9.48 Å². The van der Waals surface area contributed by atoms with E-state index < -0.39 is 11.9 Å². The third-order valence-corrected chi connectivity index (χ3v) is 5.74. The highest BCUT2D eigenvalue weighted by Crippen LogP contribution is 2.46. The molecule has 3 aromatic rings. The predicted molar refractivity (Wildman–Crippen MR) is 115 cm³/mol. The number of carbonyl (C=O) groups excluding carboxylic acids is 1. The Morgan fingerprint density at radius 1 is 1.15 bits per heavy atom. The van der Waals surface area contributed by atoms with E-state index in [0.717, 1.165) is 12.8 Å². The van der Waals surface area contributed by atoms with E-state index in [1.165, 1.54) is 15.6 Å². The highest BCUT2D eigenvalue weighted by Gasteiger charge is 2.41. The van der Waals surface area contributed by atoms with Crippen molar-refractivity contribution in [1.82, 2.24) is 24.9 Å². The van der Waals surface area contributed by atoms with Gasteiger partial charge in [0.1, 0.15) is 11.4 Å². The van der Waals surface area contributed by atoms with Crippen LogP contribution in [0.2, 0.25) is 10.0 Å². The molecule has 1 aromatic carbocycles. The van der Waals surface area contributed by atoms with E-state index >= 15 is 0 Å². The molecule has 176 valence electrons. The van der Waals surface area contributed by atoms with Crippen LogP contribution in [-0.2, 0) is 19.5 Å². The second-order valence-electron chi connectivity index (χ2n) is 7.60. The summed E-state index contributed by atoms with van der Waals surface area (Å²) in [6.45, 7) is 0.472. The number of hydrogen-bond acceptors (Lipinski definition) is 4. The molecule has 0 aliphatic heterocycles. The van der Waals surface area contributed by atoms with Crippen molar-refractivity contribution in [2.45, 2.75) is 44.6 Å². The Kier molecular flexibility index (Phi) is 6.85. The van der Waals surface area contributed by atoms with Crippen LogP contribution in [0.25, 0.3) is 0 Å². The van der Waals surface area contributed by atoms with E-state index in [4.69, 9.17) is 27.9 Å². The number of carbonyl (C=O) groups is 1. The largest absolute Gasteiger partial charge is 0.471 e. The average molecular weight is 502 g/mol. The van der Waals surface area contributed by atoms with Gasteiger partial charge in [0.25, 0.3) is 5.91 Å². The van der Waals surface area contributed by atoms with Crippen molar-refractivity contribution >= 4 is 29.1 Å². The molecule has 1 saturated carbocycles. The first-order valence-corrected chi connectivity index (χ1v) is 11.0. The van der Waals surface area contributed by atoms with Gasteiger partial charge in [0.2, 0.25) is 0 Å². The maximum absolute atomic E-state index is 13.2. The van der Waals surface area contributed by atoms with Crippen LogP contribution in [0.15, 0.2) is 36.5 Å². The zero-order chi connectivity index (χ0) is 23.6. The molecule has 0 bridgehead atoms. The number of halogens is 5. The number of aromatic nitrogens is 4. The number of alkyl halides is 3. The summed E-state index contributed by atoms with van der Waals surface area (Å²) in [7, 11) is 0. The van der Waals surface area contributed by atoms with Gasteiger partial charge in [-0.15, -0.1) is 0 Å². The molecule has 0 saturated heterocycles. The maximum Gasteiger partial charge on any atom is 0.436 e. The molecule has 2 aromatic heterocycles. The van der Waals surface area contributed by atoms with Gasteiger partial charge in [-0.1, -0.05) is 23.2 Å². The van der Waals surface area contributed by atoms with Crippen LogP contribution in [0.4, 0.5) is 13.2 Å². The smallest absolute Gasteiger partial charge is 0.436 e. The molecule has 1 aliphatic rings. The number of rotatable bonds is 9. The summed E-state index contributed by atoms with van der Waals surface area (Å²) in [5.74, 6) is 0.207. The summed E-state index contributed by atoms with van der Waals surface area (Å²) in [5.41, 5.74) is -0.337. The quantitative estimate of drug-likeness (QED) is 0.412. The van der Waals surface area contributed by atoms with Gasteiger partial charge in [-0.05, 0) is 49.6 Å². The molecule has 33 heavy (non-hydrogen) atoms. The van der Waals surface area contributed by atoms with Crippen LogP contribution < -0.4 is 10.1 Å². The number of nitrogens with one attached hydrogen (secondary N) is 1. The van der Waals surface area contributed by atoms with Crippen molar-refractivity contribution in [3.05, 3.63) is 63.7 Å². The van der Waals surface area contributed by atoms with E-state index in [1.807, 2.05) is 0 Å². The summed E-state index contributed by atoms with van der Waals surface area (Å²) >= 11 is 11.8. The number of benzene rings is 1. The van der Waals surface area contributed by atoms with Crippen molar-refractivity contribution < 1.29 is 22.7 Å². The minimum absolute atomic E-state index is 0.00526.